The fourth-order valence-corrected chi connectivity index (χ4v) is 1.35. The number of hydrogen-bond acceptors (Lipinski definition) is 4. The topological polar surface area (TPSA) is 87.4 Å². The first-order chi connectivity index (χ1) is 7.56. The first kappa shape index (κ1) is 12.7. The van der Waals surface area contributed by atoms with Gasteiger partial charge >= 0.3 is 5.97 Å². The first-order valence-electron chi connectivity index (χ1n) is 5.12. The molecule has 1 unspecified atom stereocenters. The summed E-state index contributed by atoms with van der Waals surface area (Å²) < 4.78 is 1.54. The van der Waals surface area contributed by atoms with Crippen LogP contribution in [0, 0.1) is 5.92 Å². The Kier molecular flexibility index (Phi) is 4.45. The Morgan fingerprint density at radius 3 is 2.94 bits per heavy atom. The number of nitrogens with one attached hydrogen (secondary N) is 1. The van der Waals surface area contributed by atoms with Crippen LogP contribution in [0.3, 0.4) is 0 Å². The number of carboxylic acids is 1. The fourth-order valence-electron chi connectivity index (χ4n) is 1.35. The minimum Gasteiger partial charge on any atom is -0.478 e. The number of aliphatic hydroxyl groups excluding tert-OH is 1. The van der Waals surface area contributed by atoms with Crippen LogP contribution in [0.25, 0.3) is 0 Å². The Balaban J connectivity index is 2.59. The van der Waals surface area contributed by atoms with Crippen molar-refractivity contribution in [2.75, 3.05) is 13.2 Å². The highest BCUT2D eigenvalue weighted by molar-refractivity contribution is 5.88. The third-order valence-corrected chi connectivity index (χ3v) is 2.39. The van der Waals surface area contributed by atoms with Crippen molar-refractivity contribution in [3.8, 4) is 0 Å². The molecule has 1 rings (SSSR count). The largest absolute Gasteiger partial charge is 0.478 e. The van der Waals surface area contributed by atoms with Crippen molar-refractivity contribution in [2.24, 2.45) is 13.0 Å². The molecule has 0 spiro atoms. The molecule has 1 aromatic rings. The molecule has 0 aliphatic heterocycles. The van der Waals surface area contributed by atoms with Crippen LogP contribution >= 0.6 is 0 Å². The van der Waals surface area contributed by atoms with Crippen molar-refractivity contribution < 1.29 is 15.0 Å². The van der Waals surface area contributed by atoms with Crippen LogP contribution in [0.1, 0.15) is 23.0 Å². The van der Waals surface area contributed by atoms with Crippen LogP contribution in [-0.2, 0) is 13.6 Å². The van der Waals surface area contributed by atoms with Gasteiger partial charge in [-0.1, -0.05) is 6.92 Å². The third-order valence-electron chi connectivity index (χ3n) is 2.39. The molecule has 0 fully saturated rings. The Hall–Kier alpha value is -1.40. The van der Waals surface area contributed by atoms with Gasteiger partial charge in [0, 0.05) is 26.7 Å². The Morgan fingerprint density at radius 1 is 1.69 bits per heavy atom. The van der Waals surface area contributed by atoms with Crippen molar-refractivity contribution in [2.45, 2.75) is 13.5 Å². The van der Waals surface area contributed by atoms with Gasteiger partial charge in [-0.3, -0.25) is 4.68 Å². The number of carbonyl (C=O) groups is 1. The maximum absolute atomic E-state index is 10.9. The number of aromatic carboxylic acids is 1. The van der Waals surface area contributed by atoms with Crippen LogP contribution in [0.4, 0.5) is 0 Å². The van der Waals surface area contributed by atoms with Crippen LogP contribution < -0.4 is 5.32 Å². The molecular formula is C10H17N3O3. The molecule has 16 heavy (non-hydrogen) atoms. The van der Waals surface area contributed by atoms with E-state index in [1.165, 1.54) is 6.20 Å². The summed E-state index contributed by atoms with van der Waals surface area (Å²) in [5.74, 6) is -0.818. The molecule has 0 aliphatic carbocycles. The van der Waals surface area contributed by atoms with Gasteiger partial charge in [-0.25, -0.2) is 4.79 Å². The molecule has 0 saturated heterocycles. The van der Waals surface area contributed by atoms with E-state index in [0.717, 1.165) is 0 Å². The fraction of sp³-hybridized carbons (Fsp3) is 0.600. The maximum Gasteiger partial charge on any atom is 0.339 e. The van der Waals surface area contributed by atoms with Crippen molar-refractivity contribution >= 4 is 5.97 Å². The number of carboxylic acid groups (broad SMARTS) is 1. The van der Waals surface area contributed by atoms with Gasteiger partial charge in [-0.2, -0.15) is 5.10 Å². The van der Waals surface area contributed by atoms with Gasteiger partial charge in [0.05, 0.1) is 11.9 Å². The molecule has 0 radical (unpaired) electrons. The molecule has 3 N–H and O–H groups in total. The molecule has 6 heteroatoms. The lowest BCUT2D eigenvalue weighted by Gasteiger charge is -2.10. The Labute approximate surface area is 93.9 Å². The highest BCUT2D eigenvalue weighted by atomic mass is 16.4. The molecule has 0 aliphatic rings. The number of aliphatic hydroxyl groups is 1. The summed E-state index contributed by atoms with van der Waals surface area (Å²) in [6.07, 6.45) is 1.34. The molecule has 0 saturated carbocycles. The summed E-state index contributed by atoms with van der Waals surface area (Å²) >= 11 is 0. The lowest BCUT2D eigenvalue weighted by molar-refractivity contribution is 0.0695. The highest BCUT2D eigenvalue weighted by Crippen LogP contribution is 2.07. The third kappa shape index (κ3) is 3.04. The second-order valence-corrected chi connectivity index (χ2v) is 3.85. The van der Waals surface area contributed by atoms with Gasteiger partial charge in [0.15, 0.2) is 0 Å². The number of hydrogen-bond donors (Lipinski definition) is 3. The summed E-state index contributed by atoms with van der Waals surface area (Å²) in [6, 6.07) is 0. The standard InChI is InChI=1S/C10H17N3O3/c1-7(6-14)3-11-5-9-8(10(15)16)4-12-13(9)2/h4,7,11,14H,3,5-6H2,1-2H3,(H,15,16). The van der Waals surface area contributed by atoms with E-state index in [4.69, 9.17) is 10.2 Å². The predicted molar refractivity (Wildman–Crippen MR) is 58.1 cm³/mol. The first-order valence-corrected chi connectivity index (χ1v) is 5.12. The van der Waals surface area contributed by atoms with Gasteiger partial charge in [0.1, 0.15) is 5.56 Å². The minimum atomic E-state index is -0.972. The zero-order chi connectivity index (χ0) is 12.1. The zero-order valence-corrected chi connectivity index (χ0v) is 9.47. The summed E-state index contributed by atoms with van der Waals surface area (Å²) in [7, 11) is 1.71. The molecule has 1 atom stereocenters. The molecule has 1 heterocycles. The SMILES string of the molecule is CC(CO)CNCc1c(C(=O)O)cnn1C. The van der Waals surface area contributed by atoms with Crippen LogP contribution in [0.2, 0.25) is 0 Å². The van der Waals surface area contributed by atoms with Gasteiger partial charge in [0.25, 0.3) is 0 Å². The summed E-state index contributed by atoms with van der Waals surface area (Å²) in [5.41, 5.74) is 0.851. The maximum atomic E-state index is 10.9. The van der Waals surface area contributed by atoms with E-state index < -0.39 is 5.97 Å². The molecule has 6 nitrogen and oxygen atoms in total. The zero-order valence-electron chi connectivity index (χ0n) is 9.47. The average molecular weight is 227 g/mol. The second kappa shape index (κ2) is 5.62. The van der Waals surface area contributed by atoms with E-state index in [0.29, 0.717) is 18.8 Å². The number of aryl methyl sites for hydroxylation is 1. The lowest BCUT2D eigenvalue weighted by atomic mass is 10.2. The van der Waals surface area contributed by atoms with Gasteiger partial charge in [0.2, 0.25) is 0 Å². The highest BCUT2D eigenvalue weighted by Gasteiger charge is 2.14. The quantitative estimate of drug-likeness (QED) is 0.628. The Bertz CT molecular complexity index is 362. The van der Waals surface area contributed by atoms with Gasteiger partial charge < -0.3 is 15.5 Å². The van der Waals surface area contributed by atoms with Crippen molar-refractivity contribution in [3.63, 3.8) is 0 Å². The van der Waals surface area contributed by atoms with Crippen molar-refractivity contribution in [1.82, 2.24) is 15.1 Å². The smallest absolute Gasteiger partial charge is 0.339 e. The number of nitrogens with zero attached hydrogens (tertiary/aromatic N) is 2. The minimum absolute atomic E-state index is 0.115. The van der Waals surface area contributed by atoms with Gasteiger partial charge in [-0.15, -0.1) is 0 Å². The normalized spacial score (nSPS) is 12.7. The Morgan fingerprint density at radius 2 is 2.38 bits per heavy atom. The molecule has 90 valence electrons. The molecule has 0 amide bonds. The second-order valence-electron chi connectivity index (χ2n) is 3.85. The van der Waals surface area contributed by atoms with E-state index in [9.17, 15) is 4.79 Å². The molecule has 0 aromatic carbocycles. The lowest BCUT2D eigenvalue weighted by Crippen LogP contribution is -2.24. The number of aromatic nitrogens is 2. The van der Waals surface area contributed by atoms with Crippen LogP contribution in [-0.4, -0.2) is 39.1 Å². The van der Waals surface area contributed by atoms with E-state index in [1.54, 1.807) is 11.7 Å². The average Bonchev–Trinajstić information content (AvgIpc) is 2.60. The van der Waals surface area contributed by atoms with E-state index >= 15 is 0 Å². The number of rotatable bonds is 6. The van der Waals surface area contributed by atoms with E-state index in [2.05, 4.69) is 10.4 Å². The molecule has 1 aromatic heterocycles. The van der Waals surface area contributed by atoms with E-state index in [-0.39, 0.29) is 18.1 Å². The predicted octanol–water partition coefficient (Wildman–Crippen LogP) is -0.164. The van der Waals surface area contributed by atoms with E-state index in [1.807, 2.05) is 6.92 Å². The molecular weight excluding hydrogens is 210 g/mol. The summed E-state index contributed by atoms with van der Waals surface area (Å²) in [4.78, 5) is 10.9. The van der Waals surface area contributed by atoms with Crippen molar-refractivity contribution in [1.29, 1.82) is 0 Å². The van der Waals surface area contributed by atoms with Crippen molar-refractivity contribution in [3.05, 3.63) is 17.5 Å². The van der Waals surface area contributed by atoms with Crippen LogP contribution in [0.15, 0.2) is 6.20 Å². The summed E-state index contributed by atoms with van der Waals surface area (Å²) in [6.45, 7) is 3.10. The summed E-state index contributed by atoms with van der Waals surface area (Å²) in [5, 5.41) is 24.7. The van der Waals surface area contributed by atoms with Gasteiger partial charge in [-0.05, 0) is 5.92 Å². The van der Waals surface area contributed by atoms with Crippen LogP contribution in [0.5, 0.6) is 0 Å². The molecule has 0 bridgehead atoms. The monoisotopic (exact) mass is 227 g/mol.